The molecule has 6 heteroatoms. The Kier molecular flexibility index (Phi) is 6.54. The molecule has 0 aliphatic carbocycles. The summed E-state index contributed by atoms with van der Waals surface area (Å²) in [6, 6.07) is 18.7. The minimum Gasteiger partial charge on any atom is -0.496 e. The third kappa shape index (κ3) is 4.37. The van der Waals surface area contributed by atoms with Crippen LogP contribution in [0.3, 0.4) is 0 Å². The lowest BCUT2D eigenvalue weighted by molar-refractivity contribution is -0.120. The lowest BCUT2D eigenvalue weighted by atomic mass is 10.0. The Morgan fingerprint density at radius 2 is 1.64 bits per heavy atom. The molecule has 33 heavy (non-hydrogen) atoms. The van der Waals surface area contributed by atoms with Crippen molar-refractivity contribution >= 4 is 23.1 Å². The lowest BCUT2D eigenvalue weighted by Crippen LogP contribution is -2.36. The van der Waals surface area contributed by atoms with E-state index in [1.54, 1.807) is 37.7 Å². The van der Waals surface area contributed by atoms with Crippen molar-refractivity contribution in [3.8, 4) is 5.75 Å². The third-order valence-corrected chi connectivity index (χ3v) is 5.85. The Balaban J connectivity index is 1.79. The number of para-hydroxylation sites is 1. The summed E-state index contributed by atoms with van der Waals surface area (Å²) in [4.78, 5) is 34.8. The van der Waals surface area contributed by atoms with Gasteiger partial charge in [0.05, 0.1) is 18.4 Å². The zero-order valence-electron chi connectivity index (χ0n) is 19.1. The van der Waals surface area contributed by atoms with E-state index in [-0.39, 0.29) is 11.8 Å². The maximum absolute atomic E-state index is 13.8. The van der Waals surface area contributed by atoms with Gasteiger partial charge in [0.1, 0.15) is 11.4 Å². The molecule has 0 atom stereocenters. The van der Waals surface area contributed by atoms with Crippen molar-refractivity contribution in [1.82, 2.24) is 9.88 Å². The van der Waals surface area contributed by atoms with Gasteiger partial charge in [0.25, 0.3) is 11.8 Å². The van der Waals surface area contributed by atoms with E-state index in [2.05, 4.69) is 4.98 Å². The summed E-state index contributed by atoms with van der Waals surface area (Å²) in [5, 5.41) is 0. The minimum absolute atomic E-state index is 0.318. The van der Waals surface area contributed by atoms with Gasteiger partial charge in [-0.3, -0.25) is 14.6 Å². The minimum atomic E-state index is -0.342. The largest absolute Gasteiger partial charge is 0.496 e. The number of nitrogens with zero attached hydrogens (tertiary/aromatic N) is 3. The smallest absolute Gasteiger partial charge is 0.282 e. The number of methoxy groups -OCH3 is 1. The summed E-state index contributed by atoms with van der Waals surface area (Å²) < 4.78 is 5.55. The Morgan fingerprint density at radius 1 is 0.939 bits per heavy atom. The molecule has 0 unspecified atom stereocenters. The van der Waals surface area contributed by atoms with E-state index >= 15 is 0 Å². The van der Waals surface area contributed by atoms with E-state index in [0.29, 0.717) is 41.4 Å². The van der Waals surface area contributed by atoms with E-state index in [9.17, 15) is 9.59 Å². The quantitative estimate of drug-likeness (QED) is 0.489. The van der Waals surface area contributed by atoms with E-state index < -0.39 is 0 Å². The van der Waals surface area contributed by atoms with Crippen LogP contribution in [0.15, 0.2) is 78.8 Å². The van der Waals surface area contributed by atoms with Crippen LogP contribution < -0.4 is 9.64 Å². The molecule has 0 fully saturated rings. The van der Waals surface area contributed by atoms with Gasteiger partial charge in [-0.25, -0.2) is 4.90 Å². The predicted octanol–water partition coefficient (Wildman–Crippen LogP) is 4.25. The summed E-state index contributed by atoms with van der Waals surface area (Å²) in [6.07, 6.45) is 4.24. The normalized spacial score (nSPS) is 13.6. The number of hydrogen-bond acceptors (Lipinski definition) is 5. The van der Waals surface area contributed by atoms with Gasteiger partial charge in [0, 0.05) is 31.0 Å². The van der Waals surface area contributed by atoms with Crippen LogP contribution in [0, 0.1) is 6.92 Å². The second-order valence-corrected chi connectivity index (χ2v) is 7.89. The van der Waals surface area contributed by atoms with Crippen molar-refractivity contribution in [1.29, 1.82) is 0 Å². The molecule has 2 amide bonds. The number of aromatic nitrogens is 1. The number of amides is 2. The first-order valence-electron chi connectivity index (χ1n) is 11.0. The number of imide groups is 1. The zero-order valence-corrected chi connectivity index (χ0v) is 19.1. The molecule has 0 radical (unpaired) electrons. The average molecular weight is 442 g/mol. The first-order chi connectivity index (χ1) is 16.0. The first kappa shape index (κ1) is 22.3. The number of likely N-dealkylation sites (N-methyl/N-ethyl adjacent to an activating group) is 1. The fraction of sp³-hybridized carbons (Fsp3) is 0.222. The van der Waals surface area contributed by atoms with Gasteiger partial charge >= 0.3 is 0 Å². The summed E-state index contributed by atoms with van der Waals surface area (Å²) in [5.41, 5.74) is 4.13. The number of pyridine rings is 1. The highest BCUT2D eigenvalue weighted by molar-refractivity contribution is 6.45. The Morgan fingerprint density at radius 3 is 2.30 bits per heavy atom. The molecule has 2 aromatic carbocycles. The molecule has 1 aromatic heterocycles. The van der Waals surface area contributed by atoms with Crippen molar-refractivity contribution in [2.75, 3.05) is 25.1 Å². The van der Waals surface area contributed by atoms with E-state index in [1.807, 2.05) is 61.2 Å². The zero-order chi connectivity index (χ0) is 23.4. The molecule has 1 aliphatic rings. The van der Waals surface area contributed by atoms with Crippen molar-refractivity contribution in [2.24, 2.45) is 0 Å². The highest BCUT2D eigenvalue weighted by Crippen LogP contribution is 2.38. The molecule has 4 rings (SSSR count). The van der Waals surface area contributed by atoms with Crippen LogP contribution in [-0.2, 0) is 16.0 Å². The number of anilines is 1. The Bertz CT molecular complexity index is 1190. The summed E-state index contributed by atoms with van der Waals surface area (Å²) in [6.45, 7) is 5.14. The Labute approximate surface area is 194 Å². The van der Waals surface area contributed by atoms with Crippen LogP contribution in [0.1, 0.15) is 23.6 Å². The Hall–Kier alpha value is -3.93. The van der Waals surface area contributed by atoms with E-state index in [1.165, 1.54) is 4.90 Å². The monoisotopic (exact) mass is 441 g/mol. The molecule has 168 valence electrons. The molecule has 3 aromatic rings. The van der Waals surface area contributed by atoms with Gasteiger partial charge < -0.3 is 9.64 Å². The highest BCUT2D eigenvalue weighted by Gasteiger charge is 2.43. The van der Waals surface area contributed by atoms with Gasteiger partial charge in [0.15, 0.2) is 0 Å². The fourth-order valence-corrected chi connectivity index (χ4v) is 4.08. The van der Waals surface area contributed by atoms with Crippen LogP contribution in [0.2, 0.25) is 0 Å². The second-order valence-electron chi connectivity index (χ2n) is 7.89. The van der Waals surface area contributed by atoms with E-state index in [0.717, 1.165) is 17.5 Å². The molecule has 0 N–H and O–H groups in total. The predicted molar refractivity (Wildman–Crippen MR) is 129 cm³/mol. The molecule has 1 aliphatic heterocycles. The van der Waals surface area contributed by atoms with Gasteiger partial charge in [0.2, 0.25) is 0 Å². The number of rotatable bonds is 8. The number of benzene rings is 2. The van der Waals surface area contributed by atoms with Crippen molar-refractivity contribution in [3.63, 3.8) is 0 Å². The second kappa shape index (κ2) is 9.69. The van der Waals surface area contributed by atoms with Gasteiger partial charge in [-0.15, -0.1) is 0 Å². The van der Waals surface area contributed by atoms with Gasteiger partial charge in [-0.1, -0.05) is 35.9 Å². The lowest BCUT2D eigenvalue weighted by Gasteiger charge is -2.25. The molecule has 0 bridgehead atoms. The van der Waals surface area contributed by atoms with Crippen molar-refractivity contribution in [3.05, 3.63) is 95.4 Å². The SMILES string of the molecule is CCN(CCc1ccncc1)C1=C(c2ccccc2OC)C(=O)N(c2ccc(C)cc2)C1=O. The van der Waals surface area contributed by atoms with Gasteiger partial charge in [-0.2, -0.15) is 0 Å². The number of ether oxygens (including phenoxy) is 1. The molecular weight excluding hydrogens is 414 g/mol. The molecular formula is C27H27N3O3. The standard InChI is InChI=1S/C27H27N3O3/c1-4-29(18-15-20-13-16-28-17-14-20)25-24(22-7-5-6-8-23(22)33-3)26(31)30(27(25)32)21-11-9-19(2)10-12-21/h5-14,16-17H,4,15,18H2,1-3H3. The maximum atomic E-state index is 13.8. The number of carbonyl (C=O) groups excluding carboxylic acids is 2. The van der Waals surface area contributed by atoms with Gasteiger partial charge in [-0.05, 0) is 56.2 Å². The summed E-state index contributed by atoms with van der Waals surface area (Å²) in [7, 11) is 1.57. The number of hydrogen-bond donors (Lipinski definition) is 0. The molecule has 0 saturated heterocycles. The third-order valence-electron chi connectivity index (χ3n) is 5.85. The first-order valence-corrected chi connectivity index (χ1v) is 11.0. The van der Waals surface area contributed by atoms with Crippen LogP contribution >= 0.6 is 0 Å². The number of aryl methyl sites for hydroxylation is 1. The van der Waals surface area contributed by atoms with Crippen molar-refractivity contribution < 1.29 is 14.3 Å². The van der Waals surface area contributed by atoms with Crippen LogP contribution in [0.25, 0.3) is 5.57 Å². The number of carbonyl (C=O) groups is 2. The van der Waals surface area contributed by atoms with Crippen LogP contribution in [-0.4, -0.2) is 41.9 Å². The molecule has 0 saturated carbocycles. The molecule has 6 nitrogen and oxygen atoms in total. The fourth-order valence-electron chi connectivity index (χ4n) is 4.08. The highest BCUT2D eigenvalue weighted by atomic mass is 16.5. The maximum Gasteiger partial charge on any atom is 0.282 e. The molecule has 2 heterocycles. The van der Waals surface area contributed by atoms with Crippen molar-refractivity contribution in [2.45, 2.75) is 20.3 Å². The van der Waals surface area contributed by atoms with Crippen LogP contribution in [0.5, 0.6) is 5.75 Å². The summed E-state index contributed by atoms with van der Waals surface area (Å²) >= 11 is 0. The van der Waals surface area contributed by atoms with E-state index in [4.69, 9.17) is 4.74 Å². The summed E-state index contributed by atoms with van der Waals surface area (Å²) in [5.74, 6) is -0.103. The average Bonchev–Trinajstić information content (AvgIpc) is 3.10. The van der Waals surface area contributed by atoms with Crippen LogP contribution in [0.4, 0.5) is 5.69 Å². The topological polar surface area (TPSA) is 62.7 Å². The molecule has 0 spiro atoms.